The Kier molecular flexibility index (Phi) is 3.33. The second kappa shape index (κ2) is 4.75. The molecule has 2 rings (SSSR count). The topological polar surface area (TPSA) is 35.0 Å². The van der Waals surface area contributed by atoms with E-state index in [1.807, 2.05) is 6.92 Å². The molecule has 0 aliphatic rings. The van der Waals surface area contributed by atoms with Crippen LogP contribution in [0.25, 0.3) is 0 Å². The van der Waals surface area contributed by atoms with E-state index in [4.69, 9.17) is 4.74 Å². The summed E-state index contributed by atoms with van der Waals surface area (Å²) in [6.07, 6.45) is 3.04. The molecule has 88 valence electrons. The van der Waals surface area contributed by atoms with Crippen LogP contribution in [0.15, 0.2) is 29.0 Å². The van der Waals surface area contributed by atoms with Crippen molar-refractivity contribution in [2.45, 2.75) is 6.92 Å². The van der Waals surface area contributed by atoms with Gasteiger partial charge >= 0.3 is 6.01 Å². The molecule has 0 atom stereocenters. The third-order valence-electron chi connectivity index (χ3n) is 1.92. The van der Waals surface area contributed by atoms with Crippen LogP contribution in [0.3, 0.4) is 0 Å². The fourth-order valence-electron chi connectivity index (χ4n) is 1.14. The van der Waals surface area contributed by atoms with Crippen LogP contribution in [-0.2, 0) is 0 Å². The van der Waals surface area contributed by atoms with Crippen molar-refractivity contribution < 1.29 is 13.5 Å². The van der Waals surface area contributed by atoms with Gasteiger partial charge in [-0.25, -0.2) is 14.4 Å². The minimum atomic E-state index is -1.07. The number of rotatable bonds is 2. The van der Waals surface area contributed by atoms with Crippen molar-refractivity contribution in [2.75, 3.05) is 0 Å². The molecule has 0 saturated heterocycles. The lowest BCUT2D eigenvalue weighted by atomic mass is 10.3. The molecule has 3 nitrogen and oxygen atoms in total. The van der Waals surface area contributed by atoms with Crippen LogP contribution >= 0.6 is 15.9 Å². The first-order valence-electron chi connectivity index (χ1n) is 4.67. The third kappa shape index (κ3) is 2.76. The van der Waals surface area contributed by atoms with Crippen molar-refractivity contribution in [1.29, 1.82) is 0 Å². The number of ether oxygens (including phenoxy) is 1. The van der Waals surface area contributed by atoms with Crippen LogP contribution in [0.1, 0.15) is 5.56 Å². The first kappa shape index (κ1) is 11.9. The molecule has 6 heteroatoms. The van der Waals surface area contributed by atoms with Gasteiger partial charge in [0.25, 0.3) is 0 Å². The molecular formula is C11H7BrF2N2O. The standard InChI is InChI=1S/C11H7BrF2N2O/c1-6-4-15-11(16-5-6)17-9-3-7(12)2-8(13)10(9)14/h2-5H,1H3. The number of hydrogen-bond donors (Lipinski definition) is 0. The van der Waals surface area contributed by atoms with Crippen molar-refractivity contribution in [3.63, 3.8) is 0 Å². The third-order valence-corrected chi connectivity index (χ3v) is 2.38. The quantitative estimate of drug-likeness (QED) is 0.795. The maximum atomic E-state index is 13.4. The molecule has 1 aromatic carbocycles. The van der Waals surface area contributed by atoms with Gasteiger partial charge in [-0.05, 0) is 24.6 Å². The Balaban J connectivity index is 2.32. The summed E-state index contributed by atoms with van der Waals surface area (Å²) in [4.78, 5) is 7.67. The molecule has 0 radical (unpaired) electrons. The Bertz CT molecular complexity index is 546. The minimum absolute atomic E-state index is 0.0352. The number of aromatic nitrogens is 2. The molecule has 0 aliphatic carbocycles. The van der Waals surface area contributed by atoms with E-state index in [2.05, 4.69) is 25.9 Å². The van der Waals surface area contributed by atoms with Crippen molar-refractivity contribution in [1.82, 2.24) is 9.97 Å². The highest BCUT2D eigenvalue weighted by molar-refractivity contribution is 9.10. The lowest BCUT2D eigenvalue weighted by Gasteiger charge is -2.06. The largest absolute Gasteiger partial charge is 0.421 e. The van der Waals surface area contributed by atoms with Gasteiger partial charge in [-0.3, -0.25) is 0 Å². The van der Waals surface area contributed by atoms with Crippen LogP contribution in [0, 0.1) is 18.6 Å². The second-order valence-electron chi connectivity index (χ2n) is 3.34. The van der Waals surface area contributed by atoms with Crippen molar-refractivity contribution in [3.05, 3.63) is 46.2 Å². The number of hydrogen-bond acceptors (Lipinski definition) is 3. The molecule has 0 aliphatic heterocycles. The fourth-order valence-corrected chi connectivity index (χ4v) is 1.55. The van der Waals surface area contributed by atoms with Crippen LogP contribution in [0.2, 0.25) is 0 Å². The van der Waals surface area contributed by atoms with Gasteiger partial charge in [0.1, 0.15) is 0 Å². The van der Waals surface area contributed by atoms with Gasteiger partial charge in [-0.2, -0.15) is 4.39 Å². The normalized spacial score (nSPS) is 10.4. The first-order valence-corrected chi connectivity index (χ1v) is 5.46. The summed E-state index contributed by atoms with van der Waals surface area (Å²) in [5.74, 6) is -2.33. The van der Waals surface area contributed by atoms with Gasteiger partial charge in [-0.1, -0.05) is 15.9 Å². The van der Waals surface area contributed by atoms with Gasteiger partial charge in [0.2, 0.25) is 5.82 Å². The lowest BCUT2D eigenvalue weighted by Crippen LogP contribution is -1.96. The molecule has 1 aromatic heterocycles. The summed E-state index contributed by atoms with van der Waals surface area (Å²) < 4.78 is 31.9. The summed E-state index contributed by atoms with van der Waals surface area (Å²) in [6.45, 7) is 1.81. The van der Waals surface area contributed by atoms with E-state index in [1.165, 1.54) is 18.5 Å². The Morgan fingerprint density at radius 3 is 2.47 bits per heavy atom. The fraction of sp³-hybridized carbons (Fsp3) is 0.0909. The predicted molar refractivity (Wildman–Crippen MR) is 60.9 cm³/mol. The summed E-state index contributed by atoms with van der Waals surface area (Å²) in [6, 6.07) is 2.28. The van der Waals surface area contributed by atoms with E-state index in [0.29, 0.717) is 4.47 Å². The van der Waals surface area contributed by atoms with Gasteiger partial charge in [-0.15, -0.1) is 0 Å². The Morgan fingerprint density at radius 2 is 1.82 bits per heavy atom. The van der Waals surface area contributed by atoms with E-state index >= 15 is 0 Å². The number of benzene rings is 1. The van der Waals surface area contributed by atoms with E-state index in [0.717, 1.165) is 11.6 Å². The first-order chi connectivity index (χ1) is 8.06. The van der Waals surface area contributed by atoms with Crippen molar-refractivity contribution in [2.24, 2.45) is 0 Å². The maximum Gasteiger partial charge on any atom is 0.321 e. The molecule has 0 unspecified atom stereocenters. The molecule has 1 heterocycles. The molecule has 0 saturated carbocycles. The zero-order valence-corrected chi connectivity index (χ0v) is 10.3. The smallest absolute Gasteiger partial charge is 0.321 e. The molecule has 0 spiro atoms. The maximum absolute atomic E-state index is 13.4. The molecular weight excluding hydrogens is 294 g/mol. The second-order valence-corrected chi connectivity index (χ2v) is 4.26. The number of nitrogens with zero attached hydrogens (tertiary/aromatic N) is 2. The Labute approximate surface area is 105 Å². The zero-order chi connectivity index (χ0) is 12.4. The highest BCUT2D eigenvalue weighted by Gasteiger charge is 2.13. The lowest BCUT2D eigenvalue weighted by molar-refractivity contribution is 0.392. The summed E-state index contributed by atoms with van der Waals surface area (Å²) in [7, 11) is 0. The minimum Gasteiger partial charge on any atom is -0.421 e. The van der Waals surface area contributed by atoms with E-state index in [1.54, 1.807) is 0 Å². The predicted octanol–water partition coefficient (Wildman–Crippen LogP) is 3.62. The molecule has 17 heavy (non-hydrogen) atoms. The SMILES string of the molecule is Cc1cnc(Oc2cc(Br)cc(F)c2F)nc1. The van der Waals surface area contributed by atoms with Gasteiger partial charge < -0.3 is 4.74 Å². The average molecular weight is 301 g/mol. The van der Waals surface area contributed by atoms with Gasteiger partial charge in [0.05, 0.1) is 0 Å². The molecule has 0 fully saturated rings. The Morgan fingerprint density at radius 1 is 1.18 bits per heavy atom. The molecule has 0 bridgehead atoms. The molecule has 2 aromatic rings. The zero-order valence-electron chi connectivity index (χ0n) is 8.75. The number of aryl methyl sites for hydroxylation is 1. The van der Waals surface area contributed by atoms with E-state index < -0.39 is 11.6 Å². The molecule has 0 N–H and O–H groups in total. The van der Waals surface area contributed by atoms with Crippen LogP contribution < -0.4 is 4.74 Å². The van der Waals surface area contributed by atoms with Gasteiger partial charge in [0.15, 0.2) is 11.6 Å². The van der Waals surface area contributed by atoms with Gasteiger partial charge in [0, 0.05) is 16.9 Å². The summed E-state index contributed by atoms with van der Waals surface area (Å²) in [5, 5.41) is 0. The van der Waals surface area contributed by atoms with E-state index in [-0.39, 0.29) is 11.8 Å². The van der Waals surface area contributed by atoms with Crippen LogP contribution in [-0.4, -0.2) is 9.97 Å². The summed E-state index contributed by atoms with van der Waals surface area (Å²) in [5.41, 5.74) is 0.846. The van der Waals surface area contributed by atoms with Crippen molar-refractivity contribution in [3.8, 4) is 11.8 Å². The number of halogens is 3. The highest BCUT2D eigenvalue weighted by atomic mass is 79.9. The summed E-state index contributed by atoms with van der Waals surface area (Å²) >= 11 is 3.04. The van der Waals surface area contributed by atoms with Crippen LogP contribution in [0.5, 0.6) is 11.8 Å². The average Bonchev–Trinajstić information content (AvgIpc) is 2.28. The van der Waals surface area contributed by atoms with Crippen LogP contribution in [0.4, 0.5) is 8.78 Å². The van der Waals surface area contributed by atoms with E-state index in [9.17, 15) is 8.78 Å². The van der Waals surface area contributed by atoms with Crippen molar-refractivity contribution >= 4 is 15.9 Å². The Hall–Kier alpha value is -1.56. The molecule has 0 amide bonds. The highest BCUT2D eigenvalue weighted by Crippen LogP contribution is 2.27. The monoisotopic (exact) mass is 300 g/mol.